The standard InChI is InChI=1S/C11H19IO2/c12-10-4-2-1-3-5-11(10)14-9-6-7-13-8-9/h9-11H,1-8H2. The van der Waals surface area contributed by atoms with Gasteiger partial charge in [-0.1, -0.05) is 41.9 Å². The molecule has 1 heterocycles. The van der Waals surface area contributed by atoms with E-state index in [4.69, 9.17) is 9.47 Å². The molecular formula is C11H19IO2. The zero-order chi connectivity index (χ0) is 9.80. The Morgan fingerprint density at radius 1 is 1.07 bits per heavy atom. The maximum absolute atomic E-state index is 6.11. The summed E-state index contributed by atoms with van der Waals surface area (Å²) in [5.74, 6) is 0. The van der Waals surface area contributed by atoms with Crippen molar-refractivity contribution in [2.45, 2.75) is 54.7 Å². The Morgan fingerprint density at radius 3 is 2.71 bits per heavy atom. The smallest absolute Gasteiger partial charge is 0.0834 e. The molecule has 14 heavy (non-hydrogen) atoms. The van der Waals surface area contributed by atoms with Crippen LogP contribution >= 0.6 is 22.6 Å². The average Bonchev–Trinajstić information content (AvgIpc) is 2.60. The van der Waals surface area contributed by atoms with E-state index >= 15 is 0 Å². The number of hydrogen-bond acceptors (Lipinski definition) is 2. The predicted octanol–water partition coefficient (Wildman–Crippen LogP) is 2.93. The van der Waals surface area contributed by atoms with Gasteiger partial charge in [0, 0.05) is 10.5 Å². The average molecular weight is 310 g/mol. The largest absolute Gasteiger partial charge is 0.379 e. The lowest BCUT2D eigenvalue weighted by molar-refractivity contribution is -0.0170. The molecule has 3 atom stereocenters. The third kappa shape index (κ3) is 3.07. The van der Waals surface area contributed by atoms with E-state index in [0.717, 1.165) is 23.6 Å². The van der Waals surface area contributed by atoms with Gasteiger partial charge in [-0.05, 0) is 19.3 Å². The van der Waals surface area contributed by atoms with Crippen molar-refractivity contribution in [1.29, 1.82) is 0 Å². The Bertz CT molecular complexity index is 169. The molecule has 1 aliphatic heterocycles. The van der Waals surface area contributed by atoms with Gasteiger partial charge in [0.2, 0.25) is 0 Å². The summed E-state index contributed by atoms with van der Waals surface area (Å²) in [6.45, 7) is 1.71. The second-order valence-corrected chi connectivity index (χ2v) is 5.91. The van der Waals surface area contributed by atoms with Gasteiger partial charge in [-0.3, -0.25) is 0 Å². The summed E-state index contributed by atoms with van der Waals surface area (Å²) < 4.78 is 12.2. The molecule has 2 nitrogen and oxygen atoms in total. The molecule has 1 aliphatic carbocycles. The van der Waals surface area contributed by atoms with Crippen molar-refractivity contribution < 1.29 is 9.47 Å². The van der Waals surface area contributed by atoms with Crippen molar-refractivity contribution in [3.8, 4) is 0 Å². The molecular weight excluding hydrogens is 291 g/mol. The van der Waals surface area contributed by atoms with Crippen LogP contribution < -0.4 is 0 Å². The summed E-state index contributed by atoms with van der Waals surface area (Å²) in [6, 6.07) is 0. The van der Waals surface area contributed by atoms with E-state index in [1.807, 2.05) is 0 Å². The van der Waals surface area contributed by atoms with Crippen molar-refractivity contribution in [2.24, 2.45) is 0 Å². The van der Waals surface area contributed by atoms with Crippen molar-refractivity contribution in [1.82, 2.24) is 0 Å². The van der Waals surface area contributed by atoms with Crippen molar-refractivity contribution in [3.63, 3.8) is 0 Å². The Kier molecular flexibility index (Phi) is 4.50. The lowest BCUT2D eigenvalue weighted by Crippen LogP contribution is -2.28. The summed E-state index contributed by atoms with van der Waals surface area (Å²) in [5.41, 5.74) is 0. The van der Waals surface area contributed by atoms with Crippen LogP contribution in [0.1, 0.15) is 38.5 Å². The molecule has 2 aliphatic rings. The Hall–Kier alpha value is 0.650. The number of halogens is 1. The molecule has 1 saturated carbocycles. The molecule has 0 spiro atoms. The van der Waals surface area contributed by atoms with E-state index in [1.54, 1.807) is 0 Å². The highest BCUT2D eigenvalue weighted by atomic mass is 127. The third-order valence-corrected chi connectivity index (χ3v) is 4.55. The van der Waals surface area contributed by atoms with Crippen molar-refractivity contribution in [3.05, 3.63) is 0 Å². The lowest BCUT2D eigenvalue weighted by atomic mass is 10.1. The second-order valence-electron chi connectivity index (χ2n) is 4.31. The van der Waals surface area contributed by atoms with E-state index in [-0.39, 0.29) is 0 Å². The normalized spacial score (nSPS) is 39.6. The van der Waals surface area contributed by atoms with Gasteiger partial charge in [-0.25, -0.2) is 0 Å². The minimum Gasteiger partial charge on any atom is -0.379 e. The molecule has 1 saturated heterocycles. The summed E-state index contributed by atoms with van der Waals surface area (Å²) in [6.07, 6.45) is 8.68. The van der Waals surface area contributed by atoms with Gasteiger partial charge in [-0.15, -0.1) is 0 Å². The second kappa shape index (κ2) is 5.66. The highest BCUT2D eigenvalue weighted by molar-refractivity contribution is 14.1. The summed E-state index contributed by atoms with van der Waals surface area (Å²) >= 11 is 2.56. The summed E-state index contributed by atoms with van der Waals surface area (Å²) in [7, 11) is 0. The van der Waals surface area contributed by atoms with Gasteiger partial charge in [0.25, 0.3) is 0 Å². The Morgan fingerprint density at radius 2 is 1.93 bits per heavy atom. The van der Waals surface area contributed by atoms with Crippen molar-refractivity contribution >= 4 is 22.6 Å². The molecule has 82 valence electrons. The number of hydrogen-bond donors (Lipinski definition) is 0. The maximum Gasteiger partial charge on any atom is 0.0834 e. The fraction of sp³-hybridized carbons (Fsp3) is 1.00. The first-order chi connectivity index (χ1) is 6.86. The van der Waals surface area contributed by atoms with Crippen LogP contribution in [0.4, 0.5) is 0 Å². The van der Waals surface area contributed by atoms with Crippen LogP contribution in [0.2, 0.25) is 0 Å². The number of ether oxygens (including phenoxy) is 2. The Balaban J connectivity index is 1.81. The first-order valence-electron chi connectivity index (χ1n) is 5.73. The fourth-order valence-electron chi connectivity index (χ4n) is 2.25. The van der Waals surface area contributed by atoms with Crippen LogP contribution in [-0.2, 0) is 9.47 Å². The monoisotopic (exact) mass is 310 g/mol. The molecule has 3 heteroatoms. The highest BCUT2D eigenvalue weighted by Gasteiger charge is 2.26. The van der Waals surface area contributed by atoms with E-state index in [1.165, 1.54) is 32.1 Å². The van der Waals surface area contributed by atoms with Crippen molar-refractivity contribution in [2.75, 3.05) is 13.2 Å². The maximum atomic E-state index is 6.11. The molecule has 2 rings (SSSR count). The molecule has 0 aromatic rings. The van der Waals surface area contributed by atoms with E-state index < -0.39 is 0 Å². The summed E-state index contributed by atoms with van der Waals surface area (Å²) in [4.78, 5) is 0. The number of rotatable bonds is 2. The minimum absolute atomic E-state index is 0.385. The van der Waals surface area contributed by atoms with Gasteiger partial charge in [0.05, 0.1) is 18.8 Å². The van der Waals surface area contributed by atoms with Gasteiger partial charge in [-0.2, -0.15) is 0 Å². The van der Waals surface area contributed by atoms with Crippen LogP contribution in [0.25, 0.3) is 0 Å². The van der Waals surface area contributed by atoms with Gasteiger partial charge >= 0.3 is 0 Å². The highest BCUT2D eigenvalue weighted by Crippen LogP contribution is 2.28. The SMILES string of the molecule is IC1CCCCCC1OC1CCOC1. The zero-order valence-electron chi connectivity index (χ0n) is 8.58. The molecule has 0 radical (unpaired) electrons. The Labute approximate surface area is 99.9 Å². The quantitative estimate of drug-likeness (QED) is 0.443. The summed E-state index contributed by atoms with van der Waals surface area (Å²) in [5, 5.41) is 0. The zero-order valence-corrected chi connectivity index (χ0v) is 10.7. The van der Waals surface area contributed by atoms with Crippen LogP contribution in [0.3, 0.4) is 0 Å². The molecule has 0 amide bonds. The molecule has 0 N–H and O–H groups in total. The van der Waals surface area contributed by atoms with E-state index in [2.05, 4.69) is 22.6 Å². The van der Waals surface area contributed by atoms with Gasteiger partial charge in [0.1, 0.15) is 0 Å². The van der Waals surface area contributed by atoms with Gasteiger partial charge in [0.15, 0.2) is 0 Å². The van der Waals surface area contributed by atoms with E-state index in [9.17, 15) is 0 Å². The molecule has 2 fully saturated rings. The van der Waals surface area contributed by atoms with Crippen LogP contribution in [0, 0.1) is 0 Å². The topological polar surface area (TPSA) is 18.5 Å². The first kappa shape index (κ1) is 11.1. The first-order valence-corrected chi connectivity index (χ1v) is 6.98. The predicted molar refractivity (Wildman–Crippen MR) is 65.0 cm³/mol. The van der Waals surface area contributed by atoms with Crippen LogP contribution in [-0.4, -0.2) is 29.3 Å². The lowest BCUT2D eigenvalue weighted by Gasteiger charge is -2.23. The molecule has 0 bridgehead atoms. The molecule has 3 unspecified atom stereocenters. The molecule has 0 aromatic carbocycles. The third-order valence-electron chi connectivity index (χ3n) is 3.13. The van der Waals surface area contributed by atoms with Crippen LogP contribution in [0.15, 0.2) is 0 Å². The van der Waals surface area contributed by atoms with Gasteiger partial charge < -0.3 is 9.47 Å². The van der Waals surface area contributed by atoms with Crippen LogP contribution in [0.5, 0.6) is 0 Å². The number of alkyl halides is 1. The minimum atomic E-state index is 0.385. The fourth-order valence-corrected chi connectivity index (χ4v) is 3.22. The van der Waals surface area contributed by atoms with E-state index in [0.29, 0.717) is 12.2 Å². The molecule has 0 aromatic heterocycles.